The van der Waals surface area contributed by atoms with Crippen molar-refractivity contribution in [3.05, 3.63) is 24.3 Å². The van der Waals surface area contributed by atoms with Gasteiger partial charge in [0, 0.05) is 5.92 Å². The summed E-state index contributed by atoms with van der Waals surface area (Å²) in [6.45, 7) is 10.5. The summed E-state index contributed by atoms with van der Waals surface area (Å²) in [5, 5.41) is 10.4. The van der Waals surface area contributed by atoms with E-state index in [4.69, 9.17) is 0 Å². The minimum Gasteiger partial charge on any atom is -0.385 e. The molecule has 78 valence electrons. The van der Waals surface area contributed by atoms with Crippen molar-refractivity contribution in [1.82, 2.24) is 0 Å². The third-order valence-electron chi connectivity index (χ3n) is 4.59. The van der Waals surface area contributed by atoms with Crippen molar-refractivity contribution < 1.29 is 5.11 Å². The van der Waals surface area contributed by atoms with Gasteiger partial charge in [0.15, 0.2) is 0 Å². The fourth-order valence-corrected chi connectivity index (χ4v) is 3.17. The Kier molecular flexibility index (Phi) is 1.94. The van der Waals surface area contributed by atoms with Crippen LogP contribution in [-0.2, 0) is 0 Å². The van der Waals surface area contributed by atoms with E-state index >= 15 is 0 Å². The van der Waals surface area contributed by atoms with Crippen LogP contribution in [0, 0.1) is 17.3 Å². The lowest BCUT2D eigenvalue weighted by Gasteiger charge is -2.30. The molecule has 2 aliphatic rings. The Balaban J connectivity index is 2.38. The van der Waals surface area contributed by atoms with E-state index in [1.807, 2.05) is 0 Å². The molecule has 0 unspecified atom stereocenters. The van der Waals surface area contributed by atoms with Crippen LogP contribution in [0.25, 0.3) is 0 Å². The molecular weight excluding hydrogens is 172 g/mol. The van der Waals surface area contributed by atoms with Gasteiger partial charge in [-0.05, 0) is 31.1 Å². The number of allylic oxidation sites excluding steroid dienone is 1. The summed E-state index contributed by atoms with van der Waals surface area (Å²) in [6.07, 6.45) is 6.00. The van der Waals surface area contributed by atoms with Gasteiger partial charge >= 0.3 is 0 Å². The van der Waals surface area contributed by atoms with E-state index < -0.39 is 5.60 Å². The summed E-state index contributed by atoms with van der Waals surface area (Å²) in [6, 6.07) is 0. The zero-order valence-corrected chi connectivity index (χ0v) is 9.38. The maximum Gasteiger partial charge on any atom is 0.0890 e. The van der Waals surface area contributed by atoms with Crippen LogP contribution < -0.4 is 0 Å². The first-order valence-corrected chi connectivity index (χ1v) is 5.47. The molecule has 1 N–H and O–H groups in total. The van der Waals surface area contributed by atoms with E-state index in [-0.39, 0.29) is 5.41 Å². The molecule has 1 saturated carbocycles. The molecule has 0 saturated heterocycles. The first-order valence-electron chi connectivity index (χ1n) is 5.47. The van der Waals surface area contributed by atoms with Gasteiger partial charge in [-0.25, -0.2) is 0 Å². The number of hydrogen-bond donors (Lipinski definition) is 1. The highest BCUT2D eigenvalue weighted by molar-refractivity contribution is 5.29. The van der Waals surface area contributed by atoms with Crippen molar-refractivity contribution in [2.45, 2.75) is 39.2 Å². The average molecular weight is 192 g/mol. The highest BCUT2D eigenvalue weighted by Crippen LogP contribution is 2.57. The predicted octanol–water partition coefficient (Wildman–Crippen LogP) is 2.92. The summed E-state index contributed by atoms with van der Waals surface area (Å²) < 4.78 is 0. The van der Waals surface area contributed by atoms with Crippen LogP contribution in [0.15, 0.2) is 24.3 Å². The number of fused-ring (bicyclic) bond motifs is 1. The normalized spacial score (nSPS) is 44.7. The summed E-state index contributed by atoms with van der Waals surface area (Å²) in [5.74, 6) is 0.903. The highest BCUT2D eigenvalue weighted by Gasteiger charge is 2.53. The molecule has 0 radical (unpaired) electrons. The number of aliphatic hydroxyl groups is 1. The summed E-state index contributed by atoms with van der Waals surface area (Å²) >= 11 is 0. The van der Waals surface area contributed by atoms with E-state index in [9.17, 15) is 5.11 Å². The molecule has 0 aromatic carbocycles. The Hall–Kier alpha value is -0.560. The van der Waals surface area contributed by atoms with E-state index in [0.717, 1.165) is 12.8 Å². The summed E-state index contributed by atoms with van der Waals surface area (Å²) in [7, 11) is 0. The molecular formula is C13H20O. The van der Waals surface area contributed by atoms with Gasteiger partial charge in [-0.3, -0.25) is 0 Å². The summed E-state index contributed by atoms with van der Waals surface area (Å²) in [5.41, 5.74) is 1.05. The van der Waals surface area contributed by atoms with Crippen molar-refractivity contribution in [3.8, 4) is 0 Å². The second-order valence-corrected chi connectivity index (χ2v) is 5.44. The molecule has 0 aromatic rings. The van der Waals surface area contributed by atoms with E-state index in [2.05, 4.69) is 33.4 Å². The highest BCUT2D eigenvalue weighted by atomic mass is 16.3. The van der Waals surface area contributed by atoms with Gasteiger partial charge in [0.25, 0.3) is 0 Å². The SMILES string of the molecule is C=C[C@]1(O)CC[C@@H]2[C@H]1C=C(C)C2(C)C. The Bertz CT molecular complexity index is 300. The molecule has 14 heavy (non-hydrogen) atoms. The lowest BCUT2D eigenvalue weighted by Crippen LogP contribution is -2.32. The second-order valence-electron chi connectivity index (χ2n) is 5.44. The van der Waals surface area contributed by atoms with Crippen LogP contribution in [0.4, 0.5) is 0 Å². The monoisotopic (exact) mass is 192 g/mol. The molecule has 2 rings (SSSR count). The van der Waals surface area contributed by atoms with Gasteiger partial charge in [-0.1, -0.05) is 31.6 Å². The van der Waals surface area contributed by atoms with Crippen LogP contribution in [0.1, 0.15) is 33.6 Å². The van der Waals surface area contributed by atoms with Crippen LogP contribution >= 0.6 is 0 Å². The average Bonchev–Trinajstić information content (AvgIpc) is 2.55. The molecule has 0 aliphatic heterocycles. The molecule has 0 amide bonds. The minimum absolute atomic E-state index is 0.262. The van der Waals surface area contributed by atoms with Gasteiger partial charge in [-0.15, -0.1) is 6.58 Å². The molecule has 0 aromatic heterocycles. The van der Waals surface area contributed by atoms with Crippen LogP contribution in [0.3, 0.4) is 0 Å². The fourth-order valence-electron chi connectivity index (χ4n) is 3.17. The van der Waals surface area contributed by atoms with E-state index in [0.29, 0.717) is 11.8 Å². The maximum absolute atomic E-state index is 10.4. The molecule has 3 atom stereocenters. The Labute approximate surface area is 86.5 Å². The topological polar surface area (TPSA) is 20.2 Å². The predicted molar refractivity (Wildman–Crippen MR) is 58.9 cm³/mol. The van der Waals surface area contributed by atoms with Gasteiger partial charge in [0.05, 0.1) is 5.60 Å². The lowest BCUT2D eigenvalue weighted by molar-refractivity contribution is 0.0556. The Morgan fingerprint density at radius 2 is 2.21 bits per heavy atom. The quantitative estimate of drug-likeness (QED) is 0.633. The molecule has 0 bridgehead atoms. The van der Waals surface area contributed by atoms with Crippen LogP contribution in [0.2, 0.25) is 0 Å². The zero-order chi connectivity index (χ0) is 10.6. The number of hydrogen-bond acceptors (Lipinski definition) is 1. The van der Waals surface area contributed by atoms with Crippen LogP contribution in [-0.4, -0.2) is 10.7 Å². The van der Waals surface area contributed by atoms with Crippen molar-refractivity contribution in [2.75, 3.05) is 0 Å². The van der Waals surface area contributed by atoms with Gasteiger partial charge < -0.3 is 5.11 Å². The number of rotatable bonds is 1. The van der Waals surface area contributed by atoms with Crippen LogP contribution in [0.5, 0.6) is 0 Å². The largest absolute Gasteiger partial charge is 0.385 e. The van der Waals surface area contributed by atoms with Crippen molar-refractivity contribution in [1.29, 1.82) is 0 Å². The van der Waals surface area contributed by atoms with Gasteiger partial charge in [0.2, 0.25) is 0 Å². The lowest BCUT2D eigenvalue weighted by atomic mass is 9.75. The van der Waals surface area contributed by atoms with Crippen molar-refractivity contribution in [2.24, 2.45) is 17.3 Å². The Morgan fingerprint density at radius 1 is 1.57 bits per heavy atom. The second kappa shape index (κ2) is 2.73. The van der Waals surface area contributed by atoms with Crippen molar-refractivity contribution >= 4 is 0 Å². The smallest absolute Gasteiger partial charge is 0.0890 e. The van der Waals surface area contributed by atoms with E-state index in [1.54, 1.807) is 6.08 Å². The molecule has 1 nitrogen and oxygen atoms in total. The molecule has 0 heterocycles. The Morgan fingerprint density at radius 3 is 2.79 bits per heavy atom. The molecule has 0 spiro atoms. The summed E-state index contributed by atoms with van der Waals surface area (Å²) in [4.78, 5) is 0. The first-order chi connectivity index (χ1) is 6.42. The van der Waals surface area contributed by atoms with Gasteiger partial charge in [-0.2, -0.15) is 0 Å². The standard InChI is InChI=1S/C13H20O/c1-5-13(14)7-6-10-11(13)8-9(2)12(10,3)4/h5,8,10-11,14H,1,6-7H2,2-4H3/t10-,11-,13+/m1/s1. The molecule has 1 heteroatoms. The maximum atomic E-state index is 10.4. The van der Waals surface area contributed by atoms with Gasteiger partial charge in [0.1, 0.15) is 0 Å². The molecule has 1 fully saturated rings. The zero-order valence-electron chi connectivity index (χ0n) is 9.38. The fraction of sp³-hybridized carbons (Fsp3) is 0.692. The third-order valence-corrected chi connectivity index (χ3v) is 4.59. The molecule has 2 aliphatic carbocycles. The van der Waals surface area contributed by atoms with Crippen molar-refractivity contribution in [3.63, 3.8) is 0 Å². The van der Waals surface area contributed by atoms with E-state index in [1.165, 1.54) is 5.57 Å². The first kappa shape index (κ1) is 9.97. The third kappa shape index (κ3) is 1.05. The minimum atomic E-state index is -0.639.